The molecule has 0 atom stereocenters. The van der Waals surface area contributed by atoms with Gasteiger partial charge in [-0.05, 0) is 36.8 Å². The van der Waals surface area contributed by atoms with Crippen molar-refractivity contribution in [3.8, 4) is 6.07 Å². The number of nitrogens with two attached hydrogens (primary N) is 1. The van der Waals surface area contributed by atoms with Crippen molar-refractivity contribution in [1.82, 2.24) is 9.55 Å². The van der Waals surface area contributed by atoms with E-state index in [0.717, 1.165) is 16.5 Å². The monoisotopic (exact) mass is 366 g/mol. The second-order valence-corrected chi connectivity index (χ2v) is 7.11. The number of nitrogens with zero attached hydrogens (tertiary/aromatic N) is 3. The molecule has 7 nitrogen and oxygen atoms in total. The van der Waals surface area contributed by atoms with Crippen LogP contribution in [0, 0.1) is 18.3 Å². The van der Waals surface area contributed by atoms with Gasteiger partial charge in [0.15, 0.2) is 14.0 Å². The number of hydrogen-bond donors (Lipinski definition) is 3. The van der Waals surface area contributed by atoms with Gasteiger partial charge in [0.05, 0.1) is 23.1 Å². The first-order chi connectivity index (χ1) is 12.5. The van der Waals surface area contributed by atoms with E-state index >= 15 is 0 Å². The Bertz CT molecular complexity index is 1170. The van der Waals surface area contributed by atoms with Gasteiger partial charge in [0.2, 0.25) is 5.95 Å². The van der Waals surface area contributed by atoms with E-state index in [2.05, 4.69) is 11.1 Å². The van der Waals surface area contributed by atoms with E-state index < -0.39 is 8.38 Å². The van der Waals surface area contributed by atoms with Gasteiger partial charge in [-0.25, -0.2) is 4.98 Å². The molecule has 0 aliphatic rings. The molecule has 2 aromatic heterocycles. The summed E-state index contributed by atoms with van der Waals surface area (Å²) in [6.07, 6.45) is 0. The van der Waals surface area contributed by atoms with Crippen LogP contribution < -0.4 is 11.0 Å². The molecule has 0 fully saturated rings. The topological polar surface area (TPSA) is 121 Å². The molecule has 0 bridgehead atoms. The highest BCUT2D eigenvalue weighted by molar-refractivity contribution is 7.54. The molecule has 0 amide bonds. The SMILES string of the molecule is Cc1cc2c(o1)c(C#N)cc1nc(N)n(Cc3ccc(P(O)O)cc3)c12. The molecule has 4 aromatic rings. The average molecular weight is 366 g/mol. The van der Waals surface area contributed by atoms with Crippen LogP contribution in [-0.2, 0) is 6.54 Å². The zero-order valence-electron chi connectivity index (χ0n) is 13.8. The Balaban J connectivity index is 1.88. The lowest BCUT2D eigenvalue weighted by atomic mass is 10.1. The third kappa shape index (κ3) is 2.61. The molecule has 26 heavy (non-hydrogen) atoms. The van der Waals surface area contributed by atoms with Crippen LogP contribution in [0.3, 0.4) is 0 Å². The lowest BCUT2D eigenvalue weighted by Crippen LogP contribution is -2.06. The van der Waals surface area contributed by atoms with E-state index in [1.54, 1.807) is 18.2 Å². The van der Waals surface area contributed by atoms with E-state index in [0.29, 0.717) is 40.2 Å². The molecule has 0 aliphatic carbocycles. The maximum Gasteiger partial charge on any atom is 0.201 e. The van der Waals surface area contributed by atoms with Gasteiger partial charge in [0, 0.05) is 10.7 Å². The molecule has 0 aliphatic heterocycles. The van der Waals surface area contributed by atoms with E-state index in [-0.39, 0.29) is 0 Å². The Morgan fingerprint density at radius 1 is 1.27 bits per heavy atom. The summed E-state index contributed by atoms with van der Waals surface area (Å²) in [5.74, 6) is 1.05. The van der Waals surface area contributed by atoms with Crippen molar-refractivity contribution in [2.45, 2.75) is 13.5 Å². The highest BCUT2D eigenvalue weighted by atomic mass is 31.2. The maximum atomic E-state index is 9.37. The first-order valence-electron chi connectivity index (χ1n) is 7.83. The molecule has 2 aromatic carbocycles. The molecule has 0 radical (unpaired) electrons. The summed E-state index contributed by atoms with van der Waals surface area (Å²) < 4.78 is 7.56. The number of nitrogen functional groups attached to an aromatic ring is 1. The minimum Gasteiger partial charge on any atom is -0.460 e. The van der Waals surface area contributed by atoms with Crippen LogP contribution in [0.2, 0.25) is 0 Å². The number of benzene rings is 2. The number of imidazole rings is 1. The highest BCUT2D eigenvalue weighted by Crippen LogP contribution is 2.33. The lowest BCUT2D eigenvalue weighted by Gasteiger charge is -2.09. The molecule has 0 saturated heterocycles. The van der Waals surface area contributed by atoms with Gasteiger partial charge >= 0.3 is 0 Å². The van der Waals surface area contributed by atoms with Crippen LogP contribution in [0.5, 0.6) is 0 Å². The predicted octanol–water partition coefficient (Wildman–Crippen LogP) is 2.51. The Hall–Kier alpha value is -2.91. The van der Waals surface area contributed by atoms with Crippen LogP contribution in [0.1, 0.15) is 16.9 Å². The number of aryl methyl sites for hydroxylation is 1. The third-order valence-electron chi connectivity index (χ3n) is 4.29. The van der Waals surface area contributed by atoms with Crippen LogP contribution in [-0.4, -0.2) is 19.3 Å². The van der Waals surface area contributed by atoms with Gasteiger partial charge < -0.3 is 24.5 Å². The van der Waals surface area contributed by atoms with Crippen molar-refractivity contribution in [2.75, 3.05) is 5.73 Å². The van der Waals surface area contributed by atoms with Gasteiger partial charge in [-0.15, -0.1) is 0 Å². The minimum absolute atomic E-state index is 0.339. The van der Waals surface area contributed by atoms with Crippen LogP contribution in [0.15, 0.2) is 40.8 Å². The van der Waals surface area contributed by atoms with E-state index in [4.69, 9.17) is 10.2 Å². The molecule has 0 saturated carbocycles. The fourth-order valence-corrected chi connectivity index (χ4v) is 3.54. The second-order valence-electron chi connectivity index (χ2n) is 6.02. The van der Waals surface area contributed by atoms with Gasteiger partial charge in [0.25, 0.3) is 0 Å². The third-order valence-corrected chi connectivity index (χ3v) is 5.05. The molecular formula is C18H15N4O3P. The standard InChI is InChI=1S/C18H15N4O3P/c1-10-6-14-16-15(7-12(8-19)17(14)25-10)21-18(20)22(16)9-11-2-4-13(5-3-11)26(23)24/h2-7,23-24H,9H2,1H3,(H2,20,21). The lowest BCUT2D eigenvalue weighted by molar-refractivity contribution is 0.497. The molecule has 130 valence electrons. The zero-order valence-corrected chi connectivity index (χ0v) is 14.7. The summed E-state index contributed by atoms with van der Waals surface area (Å²) in [5.41, 5.74) is 9.47. The van der Waals surface area contributed by atoms with Crippen molar-refractivity contribution in [3.63, 3.8) is 0 Å². The number of nitriles is 1. The number of furan rings is 1. The molecule has 0 unspecified atom stereocenters. The van der Waals surface area contributed by atoms with Gasteiger partial charge in [-0.1, -0.05) is 12.1 Å². The Morgan fingerprint density at radius 2 is 2.00 bits per heavy atom. The van der Waals surface area contributed by atoms with Gasteiger partial charge in [-0.3, -0.25) is 0 Å². The van der Waals surface area contributed by atoms with Crippen LogP contribution >= 0.6 is 8.38 Å². The normalized spacial score (nSPS) is 11.5. The van der Waals surface area contributed by atoms with Crippen molar-refractivity contribution in [2.24, 2.45) is 0 Å². The summed E-state index contributed by atoms with van der Waals surface area (Å²) in [4.78, 5) is 22.9. The van der Waals surface area contributed by atoms with Gasteiger partial charge in [0.1, 0.15) is 11.8 Å². The fourth-order valence-electron chi connectivity index (χ4n) is 3.13. The average Bonchev–Trinajstić information content (AvgIpc) is 3.14. The molecule has 4 rings (SSSR count). The van der Waals surface area contributed by atoms with Crippen molar-refractivity contribution >= 4 is 41.6 Å². The number of hydrogen-bond acceptors (Lipinski definition) is 6. The van der Waals surface area contributed by atoms with Crippen LogP contribution in [0.25, 0.3) is 22.0 Å². The Kier molecular flexibility index (Phi) is 3.89. The van der Waals surface area contributed by atoms with Crippen molar-refractivity contribution < 1.29 is 14.2 Å². The first kappa shape index (κ1) is 16.6. The zero-order chi connectivity index (χ0) is 18.4. The summed E-state index contributed by atoms with van der Waals surface area (Å²) in [6.45, 7) is 2.29. The van der Waals surface area contributed by atoms with Gasteiger partial charge in [-0.2, -0.15) is 5.26 Å². The second kappa shape index (κ2) is 6.11. The minimum atomic E-state index is -2.11. The number of anilines is 1. The molecule has 0 spiro atoms. The first-order valence-corrected chi connectivity index (χ1v) is 9.08. The number of rotatable bonds is 3. The largest absolute Gasteiger partial charge is 0.460 e. The predicted molar refractivity (Wildman–Crippen MR) is 99.9 cm³/mol. The Labute approximate surface area is 149 Å². The smallest absolute Gasteiger partial charge is 0.201 e. The molecule has 8 heteroatoms. The fraction of sp³-hybridized carbons (Fsp3) is 0.111. The summed E-state index contributed by atoms with van der Waals surface area (Å²) in [6, 6.07) is 12.7. The quantitative estimate of drug-likeness (QED) is 0.479. The van der Waals surface area contributed by atoms with E-state index in [9.17, 15) is 15.0 Å². The van der Waals surface area contributed by atoms with E-state index in [1.807, 2.05) is 29.7 Å². The molecular weight excluding hydrogens is 351 g/mol. The van der Waals surface area contributed by atoms with Crippen LogP contribution in [0.4, 0.5) is 5.95 Å². The Morgan fingerprint density at radius 3 is 2.65 bits per heavy atom. The van der Waals surface area contributed by atoms with Crippen molar-refractivity contribution in [3.05, 3.63) is 53.3 Å². The molecule has 2 heterocycles. The number of fused-ring (bicyclic) bond motifs is 3. The molecule has 4 N–H and O–H groups in total. The highest BCUT2D eigenvalue weighted by Gasteiger charge is 2.18. The van der Waals surface area contributed by atoms with Crippen molar-refractivity contribution in [1.29, 1.82) is 5.26 Å². The number of aromatic nitrogens is 2. The summed E-state index contributed by atoms with van der Waals surface area (Å²) >= 11 is 0. The van der Waals surface area contributed by atoms with E-state index in [1.165, 1.54) is 0 Å². The summed E-state index contributed by atoms with van der Waals surface area (Å²) in [5, 5.41) is 10.7. The maximum absolute atomic E-state index is 9.37. The summed E-state index contributed by atoms with van der Waals surface area (Å²) in [7, 11) is -2.11.